The standard InChI is InChI=1S/C27H23NO2/c1-19(20-9-3-2-4-10-20)17-27(30)23-13-7-8-14-25(23)28-18-24-22-12-6-5-11-21(22)15-16-26(24)29/h2-16,18-19,29H,17H2,1H3. The third-order valence-corrected chi connectivity index (χ3v) is 5.35. The summed E-state index contributed by atoms with van der Waals surface area (Å²) >= 11 is 0. The first-order chi connectivity index (χ1) is 14.6. The van der Waals surface area contributed by atoms with E-state index in [1.54, 1.807) is 12.3 Å². The summed E-state index contributed by atoms with van der Waals surface area (Å²) < 4.78 is 0. The molecule has 3 heteroatoms. The zero-order valence-corrected chi connectivity index (χ0v) is 16.8. The molecule has 0 aromatic heterocycles. The lowest BCUT2D eigenvalue weighted by Crippen LogP contribution is -2.05. The van der Waals surface area contributed by atoms with Crippen LogP contribution in [-0.4, -0.2) is 17.1 Å². The maximum absolute atomic E-state index is 13.0. The molecule has 4 aromatic carbocycles. The summed E-state index contributed by atoms with van der Waals surface area (Å²) in [6.45, 7) is 2.06. The van der Waals surface area contributed by atoms with Crippen LogP contribution < -0.4 is 0 Å². The van der Waals surface area contributed by atoms with Gasteiger partial charge in [0.1, 0.15) is 5.75 Å². The summed E-state index contributed by atoms with van der Waals surface area (Å²) in [5.74, 6) is 0.345. The SMILES string of the molecule is CC(CC(=O)c1ccccc1N=Cc1c(O)ccc2ccccc12)c1ccccc1. The highest BCUT2D eigenvalue weighted by molar-refractivity contribution is 6.05. The highest BCUT2D eigenvalue weighted by Crippen LogP contribution is 2.28. The molecule has 0 spiro atoms. The molecule has 0 saturated heterocycles. The van der Waals surface area contributed by atoms with E-state index >= 15 is 0 Å². The van der Waals surface area contributed by atoms with Crippen molar-refractivity contribution in [2.24, 2.45) is 4.99 Å². The number of phenolic OH excluding ortho intramolecular Hbond substituents is 1. The molecule has 0 aliphatic rings. The van der Waals surface area contributed by atoms with Gasteiger partial charge in [0.15, 0.2) is 5.78 Å². The van der Waals surface area contributed by atoms with Crippen LogP contribution in [0.25, 0.3) is 10.8 Å². The second-order valence-electron chi connectivity index (χ2n) is 7.43. The molecule has 30 heavy (non-hydrogen) atoms. The quantitative estimate of drug-likeness (QED) is 0.294. The molecule has 4 aromatic rings. The Morgan fingerprint density at radius 1 is 0.900 bits per heavy atom. The van der Waals surface area contributed by atoms with Crippen LogP contribution in [0.4, 0.5) is 5.69 Å². The maximum atomic E-state index is 13.0. The molecule has 3 nitrogen and oxygen atoms in total. The molecule has 4 rings (SSSR count). The topological polar surface area (TPSA) is 49.7 Å². The molecule has 0 radical (unpaired) electrons. The molecule has 0 bridgehead atoms. The van der Waals surface area contributed by atoms with Crippen LogP contribution in [0.1, 0.15) is 40.7 Å². The van der Waals surface area contributed by atoms with Crippen molar-refractivity contribution in [2.75, 3.05) is 0 Å². The van der Waals surface area contributed by atoms with Crippen molar-refractivity contribution in [3.63, 3.8) is 0 Å². The molecule has 1 unspecified atom stereocenters. The highest BCUT2D eigenvalue weighted by atomic mass is 16.3. The summed E-state index contributed by atoms with van der Waals surface area (Å²) in [6, 6.07) is 28.8. The van der Waals surface area contributed by atoms with Gasteiger partial charge in [-0.3, -0.25) is 9.79 Å². The van der Waals surface area contributed by atoms with E-state index in [0.717, 1.165) is 16.3 Å². The van der Waals surface area contributed by atoms with Crippen LogP contribution in [0, 0.1) is 0 Å². The molecule has 0 aliphatic carbocycles. The molecular weight excluding hydrogens is 370 g/mol. The number of hydrogen-bond acceptors (Lipinski definition) is 3. The summed E-state index contributed by atoms with van der Waals surface area (Å²) in [5.41, 5.74) is 2.99. The van der Waals surface area contributed by atoms with Gasteiger partial charge in [0.25, 0.3) is 0 Å². The molecule has 0 fully saturated rings. The number of para-hydroxylation sites is 1. The molecule has 0 saturated carbocycles. The highest BCUT2D eigenvalue weighted by Gasteiger charge is 2.15. The number of benzene rings is 4. The van der Waals surface area contributed by atoms with Crippen molar-refractivity contribution in [1.82, 2.24) is 0 Å². The Hall–Kier alpha value is -3.72. The van der Waals surface area contributed by atoms with E-state index < -0.39 is 0 Å². The van der Waals surface area contributed by atoms with Crippen LogP contribution in [0.3, 0.4) is 0 Å². The fourth-order valence-corrected chi connectivity index (χ4v) is 3.66. The van der Waals surface area contributed by atoms with Crippen molar-refractivity contribution < 1.29 is 9.90 Å². The van der Waals surface area contributed by atoms with Crippen molar-refractivity contribution in [1.29, 1.82) is 0 Å². The van der Waals surface area contributed by atoms with E-state index in [1.807, 2.05) is 84.9 Å². The summed E-state index contributed by atoms with van der Waals surface area (Å²) in [4.78, 5) is 17.6. The van der Waals surface area contributed by atoms with Crippen molar-refractivity contribution in [3.8, 4) is 5.75 Å². The third kappa shape index (κ3) is 4.15. The first-order valence-electron chi connectivity index (χ1n) is 10.1. The summed E-state index contributed by atoms with van der Waals surface area (Å²) in [7, 11) is 0. The molecular formula is C27H23NO2. The van der Waals surface area contributed by atoms with Gasteiger partial charge in [0.05, 0.1) is 5.69 Å². The van der Waals surface area contributed by atoms with E-state index in [-0.39, 0.29) is 17.5 Å². The van der Waals surface area contributed by atoms with Crippen LogP contribution in [0.2, 0.25) is 0 Å². The maximum Gasteiger partial charge on any atom is 0.165 e. The number of fused-ring (bicyclic) bond motifs is 1. The minimum atomic E-state index is 0.0567. The average Bonchev–Trinajstić information content (AvgIpc) is 2.79. The summed E-state index contributed by atoms with van der Waals surface area (Å²) in [5, 5.41) is 12.3. The van der Waals surface area contributed by atoms with Gasteiger partial charge in [-0.25, -0.2) is 0 Å². The minimum Gasteiger partial charge on any atom is -0.507 e. The predicted molar refractivity (Wildman–Crippen MR) is 123 cm³/mol. The van der Waals surface area contributed by atoms with E-state index in [2.05, 4.69) is 11.9 Å². The number of aliphatic imine (C=N–C) groups is 1. The number of phenols is 1. The molecule has 1 N–H and O–H groups in total. The minimum absolute atomic E-state index is 0.0567. The van der Waals surface area contributed by atoms with E-state index in [1.165, 1.54) is 0 Å². The zero-order chi connectivity index (χ0) is 20.9. The number of carbonyl (C=O) groups is 1. The van der Waals surface area contributed by atoms with Gasteiger partial charge in [0.2, 0.25) is 0 Å². The van der Waals surface area contributed by atoms with E-state index in [4.69, 9.17) is 0 Å². The number of Topliss-reactive ketones (excluding diaryl/α,β-unsaturated/α-hetero) is 1. The van der Waals surface area contributed by atoms with Gasteiger partial charge in [-0.05, 0) is 40.5 Å². The number of rotatable bonds is 6. The fraction of sp³-hybridized carbons (Fsp3) is 0.111. The number of hydrogen-bond donors (Lipinski definition) is 1. The Labute approximate surface area is 176 Å². The predicted octanol–water partition coefficient (Wildman–Crippen LogP) is 6.67. The number of aromatic hydroxyl groups is 1. The van der Waals surface area contributed by atoms with Gasteiger partial charge in [-0.15, -0.1) is 0 Å². The van der Waals surface area contributed by atoms with Crippen LogP contribution >= 0.6 is 0 Å². The van der Waals surface area contributed by atoms with Crippen molar-refractivity contribution >= 4 is 28.5 Å². The molecule has 0 amide bonds. The first-order valence-corrected chi connectivity index (χ1v) is 10.1. The van der Waals surface area contributed by atoms with Crippen molar-refractivity contribution in [2.45, 2.75) is 19.3 Å². The normalized spacial score (nSPS) is 12.3. The zero-order valence-electron chi connectivity index (χ0n) is 16.8. The van der Waals surface area contributed by atoms with E-state index in [0.29, 0.717) is 23.2 Å². The second kappa shape index (κ2) is 8.75. The smallest absolute Gasteiger partial charge is 0.165 e. The molecule has 148 valence electrons. The van der Waals surface area contributed by atoms with Crippen LogP contribution in [0.15, 0.2) is 96.0 Å². The number of nitrogens with zero attached hydrogens (tertiary/aromatic N) is 1. The van der Waals surface area contributed by atoms with Crippen LogP contribution in [-0.2, 0) is 0 Å². The van der Waals surface area contributed by atoms with Crippen LogP contribution in [0.5, 0.6) is 5.75 Å². The van der Waals surface area contributed by atoms with Gasteiger partial charge < -0.3 is 5.11 Å². The largest absolute Gasteiger partial charge is 0.507 e. The number of ketones is 1. The van der Waals surface area contributed by atoms with E-state index in [9.17, 15) is 9.90 Å². The lowest BCUT2D eigenvalue weighted by atomic mass is 9.93. The Morgan fingerprint density at radius 3 is 2.43 bits per heavy atom. The Kier molecular flexibility index (Phi) is 5.71. The first kappa shape index (κ1) is 19.6. The Morgan fingerprint density at radius 2 is 1.60 bits per heavy atom. The number of carbonyl (C=O) groups excluding carboxylic acids is 1. The Bertz CT molecular complexity index is 1210. The molecule has 0 aliphatic heterocycles. The molecule has 0 heterocycles. The molecule has 1 atom stereocenters. The third-order valence-electron chi connectivity index (χ3n) is 5.35. The summed E-state index contributed by atoms with van der Waals surface area (Å²) in [6.07, 6.45) is 2.06. The second-order valence-corrected chi connectivity index (χ2v) is 7.43. The monoisotopic (exact) mass is 393 g/mol. The lowest BCUT2D eigenvalue weighted by molar-refractivity contribution is 0.0976. The fourth-order valence-electron chi connectivity index (χ4n) is 3.66. The van der Waals surface area contributed by atoms with Gasteiger partial charge in [0, 0.05) is 23.8 Å². The Balaban J connectivity index is 1.63. The van der Waals surface area contributed by atoms with Crippen molar-refractivity contribution in [3.05, 3.63) is 108 Å². The van der Waals surface area contributed by atoms with Gasteiger partial charge in [-0.2, -0.15) is 0 Å². The van der Waals surface area contributed by atoms with Gasteiger partial charge in [-0.1, -0.05) is 79.7 Å². The van der Waals surface area contributed by atoms with Gasteiger partial charge >= 0.3 is 0 Å². The average molecular weight is 393 g/mol. The lowest BCUT2D eigenvalue weighted by Gasteiger charge is -2.12.